The summed E-state index contributed by atoms with van der Waals surface area (Å²) in [6, 6.07) is -2.17. The third-order valence-electron chi connectivity index (χ3n) is 4.18. The number of imide groups is 1. The van der Waals surface area contributed by atoms with Crippen LogP contribution in [0.1, 0.15) is 19.3 Å². The molecule has 3 heterocycles. The zero-order chi connectivity index (χ0) is 15.4. The van der Waals surface area contributed by atoms with Crippen LogP contribution in [0, 0.1) is 0 Å². The van der Waals surface area contributed by atoms with Crippen LogP contribution in [0.3, 0.4) is 0 Å². The molecule has 6 nitrogen and oxygen atoms in total. The van der Waals surface area contributed by atoms with Crippen LogP contribution in [0.15, 0.2) is 0 Å². The van der Waals surface area contributed by atoms with E-state index in [0.717, 1.165) is 11.3 Å². The second-order valence-corrected chi connectivity index (χ2v) is 5.52. The Morgan fingerprint density at radius 3 is 2.33 bits per heavy atom. The van der Waals surface area contributed by atoms with Crippen molar-refractivity contribution in [3.63, 3.8) is 0 Å². The van der Waals surface area contributed by atoms with Crippen molar-refractivity contribution in [2.75, 3.05) is 19.6 Å². The highest BCUT2D eigenvalue weighted by molar-refractivity contribution is 6.08. The van der Waals surface area contributed by atoms with Gasteiger partial charge in [0.25, 0.3) is 5.91 Å². The lowest BCUT2D eigenvalue weighted by molar-refractivity contribution is -0.159. The van der Waals surface area contributed by atoms with E-state index < -0.39 is 42.7 Å². The minimum atomic E-state index is -4.48. The topological polar surface area (TPSA) is 60.9 Å². The molecule has 2 unspecified atom stereocenters. The zero-order valence-electron chi connectivity index (χ0n) is 11.1. The summed E-state index contributed by atoms with van der Waals surface area (Å²) in [5.41, 5.74) is 0. The lowest BCUT2D eigenvalue weighted by Crippen LogP contribution is -2.47. The summed E-state index contributed by atoms with van der Waals surface area (Å²) in [5, 5.41) is 0. The van der Waals surface area contributed by atoms with Crippen LogP contribution in [0.25, 0.3) is 0 Å². The second-order valence-electron chi connectivity index (χ2n) is 5.52. The zero-order valence-corrected chi connectivity index (χ0v) is 11.1. The normalized spacial score (nSPS) is 29.9. The molecule has 0 spiro atoms. The number of hydrogen-bond donors (Lipinski definition) is 0. The molecule has 0 aromatic rings. The van der Waals surface area contributed by atoms with Gasteiger partial charge in [0, 0.05) is 13.1 Å². The highest BCUT2D eigenvalue weighted by Gasteiger charge is 2.53. The Hall–Kier alpha value is -1.80. The van der Waals surface area contributed by atoms with E-state index in [2.05, 4.69) is 0 Å². The van der Waals surface area contributed by atoms with Crippen molar-refractivity contribution >= 4 is 17.8 Å². The lowest BCUT2D eigenvalue weighted by Gasteiger charge is -2.22. The molecule has 116 valence electrons. The maximum absolute atomic E-state index is 12.4. The molecule has 3 fully saturated rings. The quantitative estimate of drug-likeness (QED) is 0.701. The Kier molecular flexibility index (Phi) is 3.10. The maximum Gasteiger partial charge on any atom is 0.406 e. The van der Waals surface area contributed by atoms with E-state index in [9.17, 15) is 27.6 Å². The first kappa shape index (κ1) is 14.2. The second kappa shape index (κ2) is 4.60. The number of urea groups is 1. The van der Waals surface area contributed by atoms with E-state index >= 15 is 0 Å². The molecule has 0 bridgehead atoms. The Balaban J connectivity index is 1.75. The molecular weight excluding hydrogens is 291 g/mol. The van der Waals surface area contributed by atoms with Crippen molar-refractivity contribution in [1.29, 1.82) is 0 Å². The van der Waals surface area contributed by atoms with Crippen molar-refractivity contribution in [2.24, 2.45) is 0 Å². The minimum absolute atomic E-state index is 0.0625. The summed E-state index contributed by atoms with van der Waals surface area (Å²) in [7, 11) is 0. The monoisotopic (exact) mass is 305 g/mol. The van der Waals surface area contributed by atoms with E-state index in [0.29, 0.717) is 17.9 Å². The fourth-order valence-electron chi connectivity index (χ4n) is 3.27. The molecule has 0 aromatic heterocycles. The predicted molar refractivity (Wildman–Crippen MR) is 63.0 cm³/mol. The van der Waals surface area contributed by atoms with Crippen LogP contribution in [0.2, 0.25) is 0 Å². The Labute approximate surface area is 118 Å². The van der Waals surface area contributed by atoms with Crippen LogP contribution in [0.4, 0.5) is 18.0 Å². The highest BCUT2D eigenvalue weighted by atomic mass is 19.4. The summed E-state index contributed by atoms with van der Waals surface area (Å²) in [6.07, 6.45) is -3.14. The van der Waals surface area contributed by atoms with Gasteiger partial charge in [-0.2, -0.15) is 13.2 Å². The number of carbonyl (C=O) groups excluding carboxylic acids is 3. The molecular formula is C12H14F3N3O3. The summed E-state index contributed by atoms with van der Waals surface area (Å²) >= 11 is 0. The first-order valence-electron chi connectivity index (χ1n) is 6.79. The molecule has 3 rings (SSSR count). The standard InChI is InChI=1S/C12H14F3N3O3/c13-12(14,15)6-16-5-3-8(9(16)19)18-10(20)7-2-1-4-17(7)11(18)21/h7-8H,1-6H2. The van der Waals surface area contributed by atoms with Gasteiger partial charge in [-0.25, -0.2) is 9.69 Å². The van der Waals surface area contributed by atoms with Crippen molar-refractivity contribution in [1.82, 2.24) is 14.7 Å². The van der Waals surface area contributed by atoms with Crippen LogP contribution in [0.5, 0.6) is 0 Å². The average Bonchev–Trinajstić information content (AvgIpc) is 3.02. The molecule has 21 heavy (non-hydrogen) atoms. The van der Waals surface area contributed by atoms with Gasteiger partial charge in [0.2, 0.25) is 5.91 Å². The number of hydrogen-bond acceptors (Lipinski definition) is 3. The van der Waals surface area contributed by atoms with E-state index in [4.69, 9.17) is 0 Å². The number of carbonyl (C=O) groups is 3. The SMILES string of the molecule is O=C1C(N2C(=O)C3CCCN3C2=O)CCN1CC(F)(F)F. The fraction of sp³-hybridized carbons (Fsp3) is 0.750. The van der Waals surface area contributed by atoms with E-state index in [1.54, 1.807) is 0 Å². The number of likely N-dealkylation sites (tertiary alicyclic amines) is 1. The van der Waals surface area contributed by atoms with Crippen LogP contribution < -0.4 is 0 Å². The van der Waals surface area contributed by atoms with Gasteiger partial charge < -0.3 is 9.80 Å². The summed E-state index contributed by atoms with van der Waals surface area (Å²) < 4.78 is 37.1. The third kappa shape index (κ3) is 2.24. The van der Waals surface area contributed by atoms with Crippen LogP contribution >= 0.6 is 0 Å². The average molecular weight is 305 g/mol. The Bertz CT molecular complexity index is 486. The van der Waals surface area contributed by atoms with Gasteiger partial charge in [0.15, 0.2) is 0 Å². The van der Waals surface area contributed by atoms with Crippen molar-refractivity contribution in [2.45, 2.75) is 37.5 Å². The van der Waals surface area contributed by atoms with Crippen molar-refractivity contribution < 1.29 is 27.6 Å². The molecule has 0 aromatic carbocycles. The smallest absolute Gasteiger partial charge is 0.332 e. The van der Waals surface area contributed by atoms with Gasteiger partial charge in [0.05, 0.1) is 0 Å². The number of nitrogens with zero attached hydrogens (tertiary/aromatic N) is 3. The lowest BCUT2D eigenvalue weighted by atomic mass is 10.1. The van der Waals surface area contributed by atoms with E-state index in [1.165, 1.54) is 4.90 Å². The molecule has 3 aliphatic heterocycles. The fourth-order valence-corrected chi connectivity index (χ4v) is 3.27. The van der Waals surface area contributed by atoms with Gasteiger partial charge in [-0.15, -0.1) is 0 Å². The summed E-state index contributed by atoms with van der Waals surface area (Å²) in [6.45, 7) is -0.977. The van der Waals surface area contributed by atoms with Crippen LogP contribution in [-0.2, 0) is 9.59 Å². The molecule has 4 amide bonds. The first-order chi connectivity index (χ1) is 9.79. The molecule has 0 N–H and O–H groups in total. The Morgan fingerprint density at radius 1 is 1.00 bits per heavy atom. The van der Waals surface area contributed by atoms with E-state index in [-0.39, 0.29) is 13.0 Å². The van der Waals surface area contributed by atoms with Gasteiger partial charge in [-0.3, -0.25) is 9.59 Å². The van der Waals surface area contributed by atoms with Gasteiger partial charge in [-0.05, 0) is 19.3 Å². The van der Waals surface area contributed by atoms with Gasteiger partial charge in [0.1, 0.15) is 18.6 Å². The van der Waals surface area contributed by atoms with Gasteiger partial charge >= 0.3 is 12.2 Å². The van der Waals surface area contributed by atoms with Gasteiger partial charge in [-0.1, -0.05) is 0 Å². The third-order valence-corrected chi connectivity index (χ3v) is 4.18. The molecule has 0 radical (unpaired) electrons. The predicted octanol–water partition coefficient (Wildman–Crippen LogP) is 0.576. The van der Waals surface area contributed by atoms with Crippen LogP contribution in [-0.4, -0.2) is 70.4 Å². The van der Waals surface area contributed by atoms with E-state index in [1.807, 2.05) is 0 Å². The summed E-state index contributed by atoms with van der Waals surface area (Å²) in [4.78, 5) is 39.3. The molecule has 2 atom stereocenters. The molecule has 3 aliphatic rings. The largest absolute Gasteiger partial charge is 0.406 e. The number of halogens is 3. The van der Waals surface area contributed by atoms with Crippen molar-refractivity contribution in [3.05, 3.63) is 0 Å². The minimum Gasteiger partial charge on any atom is -0.332 e. The number of amides is 4. The molecule has 0 aliphatic carbocycles. The molecule has 3 saturated heterocycles. The number of alkyl halides is 3. The Morgan fingerprint density at radius 2 is 1.71 bits per heavy atom. The first-order valence-corrected chi connectivity index (χ1v) is 6.79. The molecule has 0 saturated carbocycles. The number of rotatable bonds is 2. The van der Waals surface area contributed by atoms with Crippen molar-refractivity contribution in [3.8, 4) is 0 Å². The summed E-state index contributed by atoms with van der Waals surface area (Å²) in [5.74, 6) is -1.25. The molecule has 9 heteroatoms. The highest BCUT2D eigenvalue weighted by Crippen LogP contribution is 2.32. The maximum atomic E-state index is 12.4. The number of fused-ring (bicyclic) bond motifs is 1.